The molecule has 0 saturated carbocycles. The van der Waals surface area contributed by atoms with Gasteiger partial charge in [-0.15, -0.1) is 0 Å². The summed E-state index contributed by atoms with van der Waals surface area (Å²) < 4.78 is 57.6. The van der Waals surface area contributed by atoms with Crippen molar-refractivity contribution in [3.05, 3.63) is 87.7 Å². The Balaban J connectivity index is 1.61. The van der Waals surface area contributed by atoms with E-state index in [1.807, 2.05) is 24.3 Å². The summed E-state index contributed by atoms with van der Waals surface area (Å²) in [5.74, 6) is 5.99. The zero-order valence-electron chi connectivity index (χ0n) is 19.1. The van der Waals surface area contributed by atoms with Crippen molar-refractivity contribution in [2.24, 2.45) is 0 Å². The van der Waals surface area contributed by atoms with Crippen LogP contribution in [-0.2, 0) is 18.2 Å². The molecule has 1 atom stereocenters. The van der Waals surface area contributed by atoms with Gasteiger partial charge in [0.15, 0.2) is 0 Å². The number of unbranched alkanes of at least 4 members (excludes halogenated alkanes) is 1. The SMILES string of the molecule is COc1ccc(Cc2nc(Cl)cc(C#CCCCC(C)(O)c3ccc(C(F)(F)F)cc3F)n2)cc1. The third-order valence-corrected chi connectivity index (χ3v) is 5.51. The molecule has 184 valence electrons. The molecule has 0 aliphatic carbocycles. The summed E-state index contributed by atoms with van der Waals surface area (Å²) in [7, 11) is 1.59. The summed E-state index contributed by atoms with van der Waals surface area (Å²) in [5, 5.41) is 10.9. The molecule has 2 aromatic carbocycles. The molecule has 0 spiro atoms. The van der Waals surface area contributed by atoms with Crippen LogP contribution in [0.25, 0.3) is 0 Å². The third-order valence-electron chi connectivity index (χ3n) is 5.32. The van der Waals surface area contributed by atoms with E-state index in [1.165, 1.54) is 6.92 Å². The van der Waals surface area contributed by atoms with Crippen LogP contribution in [0.2, 0.25) is 5.15 Å². The second-order valence-corrected chi connectivity index (χ2v) is 8.53. The molecular formula is C26H23ClF4N2O2. The minimum atomic E-state index is -4.65. The highest BCUT2D eigenvalue weighted by molar-refractivity contribution is 6.29. The first-order valence-corrected chi connectivity index (χ1v) is 11.1. The van der Waals surface area contributed by atoms with E-state index in [9.17, 15) is 22.7 Å². The number of alkyl halides is 3. The van der Waals surface area contributed by atoms with Crippen molar-refractivity contribution in [1.29, 1.82) is 0 Å². The summed E-state index contributed by atoms with van der Waals surface area (Å²) in [5.41, 5.74) is -1.52. The average molecular weight is 507 g/mol. The van der Waals surface area contributed by atoms with Crippen molar-refractivity contribution in [2.75, 3.05) is 7.11 Å². The van der Waals surface area contributed by atoms with Gasteiger partial charge in [0.25, 0.3) is 0 Å². The highest BCUT2D eigenvalue weighted by atomic mass is 35.5. The molecule has 0 aliphatic rings. The molecule has 3 rings (SSSR count). The van der Waals surface area contributed by atoms with Gasteiger partial charge in [0.1, 0.15) is 28.2 Å². The highest BCUT2D eigenvalue weighted by Crippen LogP contribution is 2.34. The molecule has 0 radical (unpaired) electrons. The number of aliphatic hydroxyl groups is 1. The van der Waals surface area contributed by atoms with Gasteiger partial charge < -0.3 is 9.84 Å². The minimum absolute atomic E-state index is 0.108. The van der Waals surface area contributed by atoms with Gasteiger partial charge in [0.2, 0.25) is 0 Å². The summed E-state index contributed by atoms with van der Waals surface area (Å²) >= 11 is 6.11. The topological polar surface area (TPSA) is 55.2 Å². The molecular weight excluding hydrogens is 484 g/mol. The summed E-state index contributed by atoms with van der Waals surface area (Å²) in [6.07, 6.45) is -3.34. The van der Waals surface area contributed by atoms with Crippen LogP contribution >= 0.6 is 11.6 Å². The fraction of sp³-hybridized carbons (Fsp3) is 0.308. The lowest BCUT2D eigenvalue weighted by Crippen LogP contribution is -2.23. The Morgan fingerprint density at radius 1 is 1.06 bits per heavy atom. The quantitative estimate of drug-likeness (QED) is 0.176. The van der Waals surface area contributed by atoms with Crippen molar-refractivity contribution in [3.63, 3.8) is 0 Å². The van der Waals surface area contributed by atoms with E-state index in [4.69, 9.17) is 16.3 Å². The largest absolute Gasteiger partial charge is 0.497 e. The van der Waals surface area contributed by atoms with Crippen LogP contribution in [0.1, 0.15) is 54.4 Å². The van der Waals surface area contributed by atoms with E-state index in [0.29, 0.717) is 36.8 Å². The van der Waals surface area contributed by atoms with Crippen LogP contribution < -0.4 is 4.74 Å². The van der Waals surface area contributed by atoms with E-state index in [1.54, 1.807) is 13.2 Å². The summed E-state index contributed by atoms with van der Waals surface area (Å²) in [4.78, 5) is 8.64. The zero-order valence-corrected chi connectivity index (χ0v) is 19.8. The van der Waals surface area contributed by atoms with Crippen molar-refractivity contribution in [3.8, 4) is 17.6 Å². The molecule has 4 nitrogen and oxygen atoms in total. The Labute approximate surface area is 206 Å². The van der Waals surface area contributed by atoms with E-state index < -0.39 is 23.2 Å². The first-order valence-electron chi connectivity index (χ1n) is 10.7. The molecule has 9 heteroatoms. The number of halogens is 5. The predicted octanol–water partition coefficient (Wildman–Crippen LogP) is 6.32. The lowest BCUT2D eigenvalue weighted by molar-refractivity contribution is -0.137. The van der Waals surface area contributed by atoms with Gasteiger partial charge in [0, 0.05) is 24.5 Å². The molecule has 1 aromatic heterocycles. The molecule has 0 amide bonds. The Hall–Kier alpha value is -3.15. The van der Waals surface area contributed by atoms with Crippen molar-refractivity contribution < 1.29 is 27.4 Å². The number of nitrogens with zero attached hydrogens (tertiary/aromatic N) is 2. The van der Waals surface area contributed by atoms with Crippen LogP contribution in [0.5, 0.6) is 5.75 Å². The van der Waals surface area contributed by atoms with Gasteiger partial charge in [0.05, 0.1) is 18.3 Å². The van der Waals surface area contributed by atoms with Crippen LogP contribution in [0.3, 0.4) is 0 Å². The van der Waals surface area contributed by atoms with E-state index in [-0.39, 0.29) is 17.1 Å². The van der Waals surface area contributed by atoms with Crippen molar-refractivity contribution >= 4 is 11.6 Å². The zero-order chi connectivity index (χ0) is 25.6. The normalized spacial score (nSPS) is 13.0. The fourth-order valence-electron chi connectivity index (χ4n) is 3.47. The standard InChI is InChI=1S/C26H23ClF4N2O2/c1-25(34,21-12-9-18(15-22(21)28)26(29,30)31)13-5-3-4-6-19-16-23(27)33-24(32-19)14-17-7-10-20(35-2)11-8-17/h7-12,15-16,34H,3,5,13-14H2,1-2H3. The molecule has 0 saturated heterocycles. The third kappa shape index (κ3) is 7.41. The maximum Gasteiger partial charge on any atom is 0.416 e. The first kappa shape index (κ1) is 26.5. The smallest absolute Gasteiger partial charge is 0.416 e. The Kier molecular flexibility index (Phi) is 8.36. The van der Waals surface area contributed by atoms with Gasteiger partial charge in [-0.25, -0.2) is 14.4 Å². The lowest BCUT2D eigenvalue weighted by Gasteiger charge is -2.24. The molecule has 1 heterocycles. The van der Waals surface area contributed by atoms with Crippen molar-refractivity contribution in [2.45, 2.75) is 44.4 Å². The molecule has 0 fully saturated rings. The van der Waals surface area contributed by atoms with Gasteiger partial charge in [-0.05, 0) is 55.5 Å². The Bertz CT molecular complexity index is 1230. The molecule has 1 N–H and O–H groups in total. The number of ether oxygens (including phenoxy) is 1. The number of rotatable bonds is 7. The second-order valence-electron chi connectivity index (χ2n) is 8.14. The van der Waals surface area contributed by atoms with Crippen LogP contribution in [0.4, 0.5) is 17.6 Å². The number of benzene rings is 2. The predicted molar refractivity (Wildman–Crippen MR) is 125 cm³/mol. The van der Waals surface area contributed by atoms with E-state index in [2.05, 4.69) is 21.8 Å². The molecule has 3 aromatic rings. The number of hydrogen-bond acceptors (Lipinski definition) is 4. The van der Waals surface area contributed by atoms with E-state index in [0.717, 1.165) is 23.4 Å². The highest BCUT2D eigenvalue weighted by Gasteiger charge is 2.33. The number of aromatic nitrogens is 2. The number of hydrogen-bond donors (Lipinski definition) is 1. The lowest BCUT2D eigenvalue weighted by atomic mass is 9.89. The maximum absolute atomic E-state index is 14.2. The number of methoxy groups -OCH3 is 1. The van der Waals surface area contributed by atoms with Gasteiger partial charge in [-0.3, -0.25) is 0 Å². The van der Waals surface area contributed by atoms with Crippen LogP contribution in [0.15, 0.2) is 48.5 Å². The van der Waals surface area contributed by atoms with Gasteiger partial charge in [-0.2, -0.15) is 13.2 Å². The molecule has 0 aliphatic heterocycles. The summed E-state index contributed by atoms with van der Waals surface area (Å²) in [6, 6.07) is 11.1. The first-order chi connectivity index (χ1) is 16.5. The monoisotopic (exact) mass is 506 g/mol. The van der Waals surface area contributed by atoms with Crippen molar-refractivity contribution in [1.82, 2.24) is 9.97 Å². The fourth-order valence-corrected chi connectivity index (χ4v) is 3.67. The van der Waals surface area contributed by atoms with Gasteiger partial charge >= 0.3 is 6.18 Å². The van der Waals surface area contributed by atoms with E-state index >= 15 is 0 Å². The minimum Gasteiger partial charge on any atom is -0.497 e. The molecule has 35 heavy (non-hydrogen) atoms. The van der Waals surface area contributed by atoms with Crippen LogP contribution in [-0.4, -0.2) is 22.2 Å². The Morgan fingerprint density at radius 3 is 2.40 bits per heavy atom. The van der Waals surface area contributed by atoms with Crippen LogP contribution in [0, 0.1) is 17.7 Å². The maximum atomic E-state index is 14.2. The van der Waals surface area contributed by atoms with Gasteiger partial charge in [-0.1, -0.05) is 35.7 Å². The Morgan fingerprint density at radius 2 is 1.77 bits per heavy atom. The average Bonchev–Trinajstić information content (AvgIpc) is 2.78. The summed E-state index contributed by atoms with van der Waals surface area (Å²) in [6.45, 7) is 1.36. The molecule has 0 bridgehead atoms. The molecule has 1 unspecified atom stereocenters. The second kappa shape index (κ2) is 11.1.